The van der Waals surface area contributed by atoms with Crippen LogP contribution in [0.5, 0.6) is 11.5 Å². The quantitative estimate of drug-likeness (QED) is 0.626. The molecule has 1 saturated heterocycles. The summed E-state index contributed by atoms with van der Waals surface area (Å²) in [7, 11) is 0. The van der Waals surface area contributed by atoms with Crippen LogP contribution in [-0.2, 0) is 0 Å². The van der Waals surface area contributed by atoms with E-state index in [1.807, 2.05) is 60.8 Å². The number of H-pyrrole nitrogens is 1. The molecule has 3 aromatic rings. The fraction of sp³-hybridized carbons (Fsp3) is 0.391. The smallest absolute Gasteiger partial charge is 0.121 e. The van der Waals surface area contributed by atoms with Gasteiger partial charge in [-0.1, -0.05) is 18.2 Å². The maximum absolute atomic E-state index is 10.4. The summed E-state index contributed by atoms with van der Waals surface area (Å²) in [4.78, 5) is 5.50. The van der Waals surface area contributed by atoms with E-state index in [-0.39, 0.29) is 0 Å². The summed E-state index contributed by atoms with van der Waals surface area (Å²) < 4.78 is 11.7. The van der Waals surface area contributed by atoms with Crippen LogP contribution in [-0.4, -0.2) is 53.9 Å². The predicted molar refractivity (Wildman–Crippen MR) is 111 cm³/mol. The van der Waals surface area contributed by atoms with Crippen molar-refractivity contribution in [2.45, 2.75) is 18.9 Å². The first-order chi connectivity index (χ1) is 13.8. The van der Waals surface area contributed by atoms with Gasteiger partial charge >= 0.3 is 0 Å². The third-order valence-corrected chi connectivity index (χ3v) is 5.37. The minimum atomic E-state index is -0.489. The summed E-state index contributed by atoms with van der Waals surface area (Å²) in [6.45, 7) is 3.72. The van der Waals surface area contributed by atoms with Crippen LogP contribution in [0.15, 0.2) is 60.8 Å². The molecule has 0 saturated carbocycles. The molecule has 0 aliphatic carbocycles. The first-order valence-corrected chi connectivity index (χ1v) is 10.0. The first kappa shape index (κ1) is 18.8. The third kappa shape index (κ3) is 5.06. The van der Waals surface area contributed by atoms with Gasteiger partial charge < -0.3 is 24.5 Å². The van der Waals surface area contributed by atoms with Gasteiger partial charge in [0.1, 0.15) is 24.2 Å². The van der Waals surface area contributed by atoms with Crippen LogP contribution < -0.4 is 9.47 Å². The van der Waals surface area contributed by atoms with Crippen molar-refractivity contribution in [1.82, 2.24) is 9.88 Å². The van der Waals surface area contributed by atoms with Crippen molar-refractivity contribution in [1.29, 1.82) is 0 Å². The molecule has 148 valence electrons. The van der Waals surface area contributed by atoms with Gasteiger partial charge in [-0.3, -0.25) is 0 Å². The molecular weight excluding hydrogens is 352 g/mol. The van der Waals surface area contributed by atoms with Crippen molar-refractivity contribution in [3.05, 3.63) is 60.8 Å². The molecule has 0 spiro atoms. The van der Waals surface area contributed by atoms with E-state index in [1.54, 1.807) is 0 Å². The van der Waals surface area contributed by atoms with E-state index in [0.717, 1.165) is 54.9 Å². The second-order valence-electron chi connectivity index (χ2n) is 7.56. The second kappa shape index (κ2) is 9.13. The van der Waals surface area contributed by atoms with E-state index in [4.69, 9.17) is 9.47 Å². The van der Waals surface area contributed by atoms with Crippen molar-refractivity contribution >= 4 is 10.9 Å². The number of aliphatic hydroxyl groups is 1. The number of piperidine rings is 1. The Morgan fingerprint density at radius 2 is 1.82 bits per heavy atom. The van der Waals surface area contributed by atoms with Gasteiger partial charge in [-0.05, 0) is 67.6 Å². The Bertz CT molecular complexity index is 856. The molecule has 5 heteroatoms. The summed E-state index contributed by atoms with van der Waals surface area (Å²) in [5.41, 5.74) is 1.05. The number of nitrogens with zero attached hydrogens (tertiary/aromatic N) is 1. The first-order valence-electron chi connectivity index (χ1n) is 10.0. The number of nitrogens with one attached hydrogen (secondary N) is 1. The Labute approximate surface area is 165 Å². The zero-order valence-electron chi connectivity index (χ0n) is 16.1. The number of aromatic amines is 1. The summed E-state index contributed by atoms with van der Waals surface area (Å²) in [6, 6.07) is 18.0. The van der Waals surface area contributed by atoms with Gasteiger partial charge in [-0.25, -0.2) is 0 Å². The number of hydrogen-bond acceptors (Lipinski definition) is 4. The standard InChI is InChI=1S/C23H28N2O3/c26-20(17-28-22-7-6-19-8-11-24-23(19)14-22)15-25-12-9-18(10-13-25)16-27-21-4-2-1-3-5-21/h1-8,11,14,18,20,24,26H,9-10,12-13,15-17H2. The van der Waals surface area contributed by atoms with Crippen LogP contribution in [0.3, 0.4) is 0 Å². The van der Waals surface area contributed by atoms with E-state index in [1.165, 1.54) is 0 Å². The summed E-state index contributed by atoms with van der Waals surface area (Å²) in [5, 5.41) is 11.5. The lowest BCUT2D eigenvalue weighted by Crippen LogP contribution is -2.41. The van der Waals surface area contributed by atoms with E-state index >= 15 is 0 Å². The van der Waals surface area contributed by atoms with Gasteiger partial charge in [0.05, 0.1) is 6.61 Å². The van der Waals surface area contributed by atoms with Crippen molar-refractivity contribution in [3.8, 4) is 11.5 Å². The van der Waals surface area contributed by atoms with Crippen LogP contribution in [0.25, 0.3) is 10.9 Å². The molecule has 2 heterocycles. The number of benzene rings is 2. The lowest BCUT2D eigenvalue weighted by molar-refractivity contribution is 0.0503. The fourth-order valence-electron chi connectivity index (χ4n) is 3.73. The molecule has 2 N–H and O–H groups in total. The highest BCUT2D eigenvalue weighted by atomic mass is 16.5. The molecule has 1 unspecified atom stereocenters. The van der Waals surface area contributed by atoms with Gasteiger partial charge in [0.15, 0.2) is 0 Å². The van der Waals surface area contributed by atoms with Crippen molar-refractivity contribution in [3.63, 3.8) is 0 Å². The number of likely N-dealkylation sites (tertiary alicyclic amines) is 1. The van der Waals surface area contributed by atoms with Crippen LogP contribution in [0, 0.1) is 5.92 Å². The molecule has 4 rings (SSSR count). The van der Waals surface area contributed by atoms with E-state index in [0.29, 0.717) is 19.1 Å². The molecular formula is C23H28N2O3. The topological polar surface area (TPSA) is 57.7 Å². The van der Waals surface area contributed by atoms with Crippen LogP contribution in [0.2, 0.25) is 0 Å². The maximum atomic E-state index is 10.4. The van der Waals surface area contributed by atoms with Crippen LogP contribution in [0.4, 0.5) is 0 Å². The number of ether oxygens (including phenoxy) is 2. The average Bonchev–Trinajstić information content (AvgIpc) is 3.20. The molecule has 1 aromatic heterocycles. The van der Waals surface area contributed by atoms with Crippen LogP contribution >= 0.6 is 0 Å². The zero-order valence-corrected chi connectivity index (χ0v) is 16.1. The Balaban J connectivity index is 1.16. The number of hydrogen-bond donors (Lipinski definition) is 2. The Morgan fingerprint density at radius 1 is 1.00 bits per heavy atom. The van der Waals surface area contributed by atoms with Crippen molar-refractivity contribution < 1.29 is 14.6 Å². The molecule has 5 nitrogen and oxygen atoms in total. The van der Waals surface area contributed by atoms with Gasteiger partial charge in [0.25, 0.3) is 0 Å². The number of fused-ring (bicyclic) bond motifs is 1. The van der Waals surface area contributed by atoms with E-state index in [2.05, 4.69) is 9.88 Å². The summed E-state index contributed by atoms with van der Waals surface area (Å²) in [5.74, 6) is 2.30. The second-order valence-corrected chi connectivity index (χ2v) is 7.56. The van der Waals surface area contributed by atoms with Crippen LogP contribution in [0.1, 0.15) is 12.8 Å². The molecule has 2 aromatic carbocycles. The SMILES string of the molecule is OC(COc1ccc2cc[nH]c2c1)CN1CCC(COc2ccccc2)CC1. The molecule has 1 aliphatic rings. The molecule has 1 fully saturated rings. The van der Waals surface area contributed by atoms with Gasteiger partial charge in [-0.2, -0.15) is 0 Å². The molecule has 28 heavy (non-hydrogen) atoms. The minimum absolute atomic E-state index is 0.309. The Hall–Kier alpha value is -2.50. The highest BCUT2D eigenvalue weighted by Crippen LogP contribution is 2.21. The lowest BCUT2D eigenvalue weighted by Gasteiger charge is -2.33. The number of para-hydroxylation sites is 1. The number of β-amino-alcohol motifs (C(OH)–C–C–N with tert-alkyl or cyclic N) is 1. The maximum Gasteiger partial charge on any atom is 0.121 e. The number of aliphatic hydroxyl groups excluding tert-OH is 1. The number of rotatable bonds is 8. The van der Waals surface area contributed by atoms with Crippen molar-refractivity contribution in [2.75, 3.05) is 32.8 Å². The monoisotopic (exact) mass is 380 g/mol. The Morgan fingerprint density at radius 3 is 2.64 bits per heavy atom. The molecule has 1 aliphatic heterocycles. The normalized spacial score (nSPS) is 16.9. The lowest BCUT2D eigenvalue weighted by atomic mass is 9.97. The van der Waals surface area contributed by atoms with E-state index < -0.39 is 6.10 Å². The summed E-state index contributed by atoms with van der Waals surface area (Å²) in [6.07, 6.45) is 3.63. The molecule has 0 radical (unpaired) electrons. The highest BCUT2D eigenvalue weighted by molar-refractivity contribution is 5.80. The largest absolute Gasteiger partial charge is 0.493 e. The average molecular weight is 380 g/mol. The third-order valence-electron chi connectivity index (χ3n) is 5.37. The Kier molecular flexibility index (Phi) is 6.14. The van der Waals surface area contributed by atoms with Gasteiger partial charge in [-0.15, -0.1) is 0 Å². The molecule has 0 amide bonds. The zero-order chi connectivity index (χ0) is 19.2. The van der Waals surface area contributed by atoms with Gasteiger partial charge in [0, 0.05) is 24.3 Å². The molecule has 0 bridgehead atoms. The predicted octanol–water partition coefficient (Wildman–Crippen LogP) is 3.70. The van der Waals surface area contributed by atoms with E-state index in [9.17, 15) is 5.11 Å². The van der Waals surface area contributed by atoms with Gasteiger partial charge in [0.2, 0.25) is 0 Å². The summed E-state index contributed by atoms with van der Waals surface area (Å²) >= 11 is 0. The molecule has 1 atom stereocenters. The fourth-order valence-corrected chi connectivity index (χ4v) is 3.73. The van der Waals surface area contributed by atoms with Crippen molar-refractivity contribution in [2.24, 2.45) is 5.92 Å². The highest BCUT2D eigenvalue weighted by Gasteiger charge is 2.21. The minimum Gasteiger partial charge on any atom is -0.493 e. The number of aromatic nitrogens is 1.